The molecule has 0 bridgehead atoms. The second-order valence-corrected chi connectivity index (χ2v) is 7.62. The zero-order chi connectivity index (χ0) is 19.4. The Labute approximate surface area is 161 Å². The number of hydrogen-bond donors (Lipinski definition) is 1. The van der Waals surface area contributed by atoms with Crippen LogP contribution in [0.25, 0.3) is 6.08 Å². The van der Waals surface area contributed by atoms with E-state index in [0.717, 1.165) is 31.2 Å². The van der Waals surface area contributed by atoms with Crippen LogP contribution < -0.4 is 5.32 Å². The van der Waals surface area contributed by atoms with Crippen LogP contribution in [-0.4, -0.2) is 10.8 Å². The number of non-ortho nitro benzene ring substituents is 1. The summed E-state index contributed by atoms with van der Waals surface area (Å²) in [5, 5.41) is 23.7. The molecule has 0 unspecified atom stereocenters. The Morgan fingerprint density at radius 2 is 2.33 bits per heavy atom. The van der Waals surface area contributed by atoms with Gasteiger partial charge in [0.2, 0.25) is 5.91 Å². The molecular weight excluding hydrogens is 362 g/mol. The molecular formula is C20H19N3O3S. The molecule has 1 aromatic heterocycles. The van der Waals surface area contributed by atoms with Crippen molar-refractivity contribution in [3.63, 3.8) is 0 Å². The third-order valence-corrected chi connectivity index (χ3v) is 5.97. The van der Waals surface area contributed by atoms with Gasteiger partial charge in [0.1, 0.15) is 11.1 Å². The number of hydrogen-bond acceptors (Lipinski definition) is 5. The Morgan fingerprint density at radius 3 is 3.04 bits per heavy atom. The van der Waals surface area contributed by atoms with E-state index >= 15 is 0 Å². The highest BCUT2D eigenvalue weighted by Crippen LogP contribution is 2.40. The van der Waals surface area contributed by atoms with Gasteiger partial charge in [-0.1, -0.05) is 25.5 Å². The first-order valence-electron chi connectivity index (χ1n) is 8.80. The lowest BCUT2D eigenvalue weighted by Crippen LogP contribution is -2.12. The van der Waals surface area contributed by atoms with Crippen molar-refractivity contribution in [1.29, 1.82) is 5.26 Å². The molecule has 0 radical (unpaired) electrons. The standard InChI is InChI=1S/C20H19N3O3S/c1-2-13-6-8-16-17(12-21)20(27-18(16)11-13)22-19(24)9-7-14-4-3-5-15(10-14)23(25)26/h3-5,7,9-10,13H,2,6,8,11H2,1H3,(H,22,24)/b9-7-/t13-/m0/s1. The third kappa shape index (κ3) is 4.23. The Hall–Kier alpha value is -2.98. The van der Waals surface area contributed by atoms with E-state index in [4.69, 9.17) is 0 Å². The normalized spacial score (nSPS) is 15.9. The second-order valence-electron chi connectivity index (χ2n) is 6.51. The molecule has 0 saturated carbocycles. The monoisotopic (exact) mass is 381 g/mol. The third-order valence-electron chi connectivity index (χ3n) is 4.80. The van der Waals surface area contributed by atoms with Crippen LogP contribution in [0, 0.1) is 27.4 Å². The molecule has 1 N–H and O–H groups in total. The van der Waals surface area contributed by atoms with E-state index in [0.29, 0.717) is 22.0 Å². The zero-order valence-electron chi connectivity index (χ0n) is 14.9. The fraction of sp³-hybridized carbons (Fsp3) is 0.300. The first kappa shape index (κ1) is 18.8. The second kappa shape index (κ2) is 8.14. The van der Waals surface area contributed by atoms with Crippen LogP contribution >= 0.6 is 11.3 Å². The molecule has 1 atom stereocenters. The lowest BCUT2D eigenvalue weighted by atomic mass is 9.86. The molecule has 0 spiro atoms. The Kier molecular flexibility index (Phi) is 5.67. The van der Waals surface area contributed by atoms with Crippen molar-refractivity contribution in [3.8, 4) is 6.07 Å². The van der Waals surface area contributed by atoms with Gasteiger partial charge in [0.05, 0.1) is 10.5 Å². The van der Waals surface area contributed by atoms with Gasteiger partial charge in [0, 0.05) is 23.1 Å². The number of nitro groups is 1. The molecule has 0 saturated heterocycles. The molecule has 3 rings (SSSR count). The first-order valence-corrected chi connectivity index (χ1v) is 9.61. The van der Waals surface area contributed by atoms with Gasteiger partial charge in [-0.15, -0.1) is 11.3 Å². The number of nitrogens with zero attached hydrogens (tertiary/aromatic N) is 2. The molecule has 0 aliphatic heterocycles. The van der Waals surface area contributed by atoms with Crippen molar-refractivity contribution in [1.82, 2.24) is 0 Å². The number of nitriles is 1. The lowest BCUT2D eigenvalue weighted by molar-refractivity contribution is -0.384. The highest BCUT2D eigenvalue weighted by Gasteiger charge is 2.25. The van der Waals surface area contributed by atoms with Gasteiger partial charge in [-0.05, 0) is 42.4 Å². The van der Waals surface area contributed by atoms with Gasteiger partial charge in [-0.3, -0.25) is 14.9 Å². The predicted molar refractivity (Wildman–Crippen MR) is 106 cm³/mol. The molecule has 27 heavy (non-hydrogen) atoms. The molecule has 7 heteroatoms. The first-order chi connectivity index (χ1) is 13.0. The summed E-state index contributed by atoms with van der Waals surface area (Å²) in [7, 11) is 0. The summed E-state index contributed by atoms with van der Waals surface area (Å²) in [5.74, 6) is 0.281. The van der Waals surface area contributed by atoms with Crippen LogP contribution in [0.3, 0.4) is 0 Å². The van der Waals surface area contributed by atoms with Crippen LogP contribution in [0.15, 0.2) is 30.3 Å². The van der Waals surface area contributed by atoms with Crippen LogP contribution in [0.5, 0.6) is 0 Å². The van der Waals surface area contributed by atoms with Crippen LogP contribution in [0.2, 0.25) is 0 Å². The number of carbonyl (C=O) groups is 1. The molecule has 6 nitrogen and oxygen atoms in total. The van der Waals surface area contributed by atoms with Crippen molar-refractivity contribution in [3.05, 3.63) is 62.0 Å². The van der Waals surface area contributed by atoms with Crippen molar-refractivity contribution >= 4 is 34.0 Å². The minimum atomic E-state index is -0.476. The minimum absolute atomic E-state index is 0.0271. The highest BCUT2D eigenvalue weighted by molar-refractivity contribution is 7.16. The molecule has 1 aromatic carbocycles. The van der Waals surface area contributed by atoms with Crippen molar-refractivity contribution in [2.24, 2.45) is 5.92 Å². The molecule has 2 aromatic rings. The zero-order valence-corrected chi connectivity index (χ0v) is 15.7. The van der Waals surface area contributed by atoms with E-state index in [-0.39, 0.29) is 11.6 Å². The van der Waals surface area contributed by atoms with Gasteiger partial charge in [0.25, 0.3) is 5.69 Å². The molecule has 1 amide bonds. The van der Waals surface area contributed by atoms with Crippen LogP contribution in [0.1, 0.15) is 41.3 Å². The lowest BCUT2D eigenvalue weighted by Gasteiger charge is -2.20. The SMILES string of the molecule is CC[C@H]1CCc2c(sc(NC(=O)/C=C\c3cccc([N+](=O)[O-])c3)c2C#N)C1. The summed E-state index contributed by atoms with van der Waals surface area (Å²) < 4.78 is 0. The molecule has 1 aliphatic rings. The Bertz CT molecular complexity index is 956. The Balaban J connectivity index is 1.75. The van der Waals surface area contributed by atoms with E-state index in [1.807, 2.05) is 0 Å². The summed E-state index contributed by atoms with van der Waals surface area (Å²) in [6.07, 6.45) is 6.89. The fourth-order valence-corrected chi connectivity index (χ4v) is 4.59. The van der Waals surface area contributed by atoms with Gasteiger partial charge >= 0.3 is 0 Å². The smallest absolute Gasteiger partial charge is 0.270 e. The number of fused-ring (bicyclic) bond motifs is 1. The van der Waals surface area contributed by atoms with E-state index in [1.54, 1.807) is 12.1 Å². The molecule has 0 fully saturated rings. The van der Waals surface area contributed by atoms with Gasteiger partial charge in [0.15, 0.2) is 0 Å². The number of thiophene rings is 1. The largest absolute Gasteiger partial charge is 0.313 e. The summed E-state index contributed by atoms with van der Waals surface area (Å²) in [4.78, 5) is 23.8. The summed E-state index contributed by atoms with van der Waals surface area (Å²) >= 11 is 1.48. The van der Waals surface area contributed by atoms with Crippen molar-refractivity contribution in [2.75, 3.05) is 5.32 Å². The molecule has 1 aliphatic carbocycles. The number of nitrogens with one attached hydrogen (secondary N) is 1. The van der Waals surface area contributed by atoms with E-state index < -0.39 is 4.92 Å². The number of nitro benzene ring substituents is 1. The van der Waals surface area contributed by atoms with Crippen LogP contribution in [-0.2, 0) is 17.6 Å². The summed E-state index contributed by atoms with van der Waals surface area (Å²) in [6.45, 7) is 2.18. The van der Waals surface area contributed by atoms with E-state index in [2.05, 4.69) is 18.3 Å². The number of benzene rings is 1. The van der Waals surface area contributed by atoms with Crippen LogP contribution in [0.4, 0.5) is 10.7 Å². The molecule has 138 valence electrons. The number of amides is 1. The maximum Gasteiger partial charge on any atom is 0.270 e. The number of anilines is 1. The van der Waals surface area contributed by atoms with E-state index in [1.165, 1.54) is 40.5 Å². The van der Waals surface area contributed by atoms with Crippen molar-refractivity contribution < 1.29 is 9.72 Å². The van der Waals surface area contributed by atoms with Gasteiger partial charge in [-0.25, -0.2) is 0 Å². The maximum atomic E-state index is 12.3. The summed E-state index contributed by atoms with van der Waals surface area (Å²) in [5.41, 5.74) is 2.18. The average molecular weight is 381 g/mol. The fourth-order valence-electron chi connectivity index (χ4n) is 3.28. The predicted octanol–water partition coefficient (Wildman–Crippen LogP) is 4.69. The minimum Gasteiger partial charge on any atom is -0.313 e. The number of rotatable bonds is 5. The quantitative estimate of drug-likeness (QED) is 0.461. The Morgan fingerprint density at radius 1 is 1.52 bits per heavy atom. The van der Waals surface area contributed by atoms with Crippen molar-refractivity contribution in [2.45, 2.75) is 32.6 Å². The average Bonchev–Trinajstić information content (AvgIpc) is 3.02. The van der Waals surface area contributed by atoms with E-state index in [9.17, 15) is 20.2 Å². The molecule has 1 heterocycles. The van der Waals surface area contributed by atoms with Gasteiger partial charge < -0.3 is 5.32 Å². The summed E-state index contributed by atoms with van der Waals surface area (Å²) in [6, 6.07) is 8.29. The topological polar surface area (TPSA) is 96.0 Å². The maximum absolute atomic E-state index is 12.3. The van der Waals surface area contributed by atoms with Gasteiger partial charge in [-0.2, -0.15) is 5.26 Å². The highest BCUT2D eigenvalue weighted by atomic mass is 32.1. The number of carbonyl (C=O) groups excluding carboxylic acids is 1.